The minimum Gasteiger partial charge on any atom is -0.497 e. The second-order valence-corrected chi connectivity index (χ2v) is 8.04. The Morgan fingerprint density at radius 1 is 1.09 bits per heavy atom. The van der Waals surface area contributed by atoms with E-state index in [0.717, 1.165) is 0 Å². The van der Waals surface area contributed by atoms with Crippen molar-refractivity contribution in [3.05, 3.63) is 89.2 Å². The number of piperidine rings is 1. The second kappa shape index (κ2) is 9.40. The average Bonchev–Trinajstić information content (AvgIpc) is 2.79. The van der Waals surface area contributed by atoms with E-state index in [-0.39, 0.29) is 24.1 Å². The third kappa shape index (κ3) is 4.60. The molecule has 2 unspecified atom stereocenters. The van der Waals surface area contributed by atoms with Crippen molar-refractivity contribution < 1.29 is 18.7 Å². The third-order valence-electron chi connectivity index (χ3n) is 5.59. The maximum atomic E-state index is 13.6. The van der Waals surface area contributed by atoms with Crippen molar-refractivity contribution >= 4 is 34.8 Å². The van der Waals surface area contributed by atoms with Crippen LogP contribution in [0.25, 0.3) is 0 Å². The fourth-order valence-corrected chi connectivity index (χ4v) is 4.25. The number of ether oxygens (including phenoxy) is 1. The Labute approximate surface area is 190 Å². The van der Waals surface area contributed by atoms with Gasteiger partial charge in [0.15, 0.2) is 0 Å². The number of amides is 2. The van der Waals surface area contributed by atoms with Gasteiger partial charge in [-0.2, -0.15) is 0 Å². The SMILES string of the molecule is COc1ccc(N2C(=O)CCC(C(=O)Nc3cccc(Cl)c3)C2c2ccc(F)cc2)cc1. The second-order valence-electron chi connectivity index (χ2n) is 7.60. The van der Waals surface area contributed by atoms with E-state index in [9.17, 15) is 14.0 Å². The van der Waals surface area contributed by atoms with E-state index in [4.69, 9.17) is 16.3 Å². The van der Waals surface area contributed by atoms with E-state index in [1.165, 1.54) is 12.1 Å². The Balaban J connectivity index is 1.73. The molecule has 1 aliphatic heterocycles. The molecule has 1 aliphatic rings. The van der Waals surface area contributed by atoms with Crippen LogP contribution in [0.2, 0.25) is 5.02 Å². The fraction of sp³-hybridized carbons (Fsp3) is 0.200. The largest absolute Gasteiger partial charge is 0.497 e. The zero-order valence-corrected chi connectivity index (χ0v) is 18.2. The zero-order chi connectivity index (χ0) is 22.7. The van der Waals surface area contributed by atoms with Gasteiger partial charge in [0.05, 0.1) is 19.1 Å². The molecular weight excluding hydrogens is 431 g/mol. The molecule has 4 rings (SSSR count). The van der Waals surface area contributed by atoms with E-state index in [1.54, 1.807) is 72.7 Å². The molecule has 3 aromatic carbocycles. The minimum atomic E-state index is -0.593. The quantitative estimate of drug-likeness (QED) is 0.547. The van der Waals surface area contributed by atoms with Crippen molar-refractivity contribution in [1.29, 1.82) is 0 Å². The van der Waals surface area contributed by atoms with Gasteiger partial charge in [-0.3, -0.25) is 9.59 Å². The van der Waals surface area contributed by atoms with Gasteiger partial charge in [0, 0.05) is 22.8 Å². The average molecular weight is 453 g/mol. The van der Waals surface area contributed by atoms with Crippen LogP contribution in [0.4, 0.5) is 15.8 Å². The number of methoxy groups -OCH3 is 1. The standard InChI is InChI=1S/C25H22ClFN2O3/c1-32-21-11-9-20(10-12-21)29-23(30)14-13-22(24(29)16-5-7-18(27)8-6-16)25(31)28-19-4-2-3-17(26)15-19/h2-12,15,22,24H,13-14H2,1H3,(H,28,31). The number of carbonyl (C=O) groups excluding carboxylic acids is 2. The number of benzene rings is 3. The molecular formula is C25H22ClFN2O3. The first-order chi connectivity index (χ1) is 15.5. The number of hydrogen-bond donors (Lipinski definition) is 1. The number of hydrogen-bond acceptors (Lipinski definition) is 3. The van der Waals surface area contributed by atoms with Gasteiger partial charge in [-0.1, -0.05) is 29.8 Å². The molecule has 1 fully saturated rings. The van der Waals surface area contributed by atoms with E-state index in [1.807, 2.05) is 0 Å². The van der Waals surface area contributed by atoms with Crippen molar-refractivity contribution in [2.45, 2.75) is 18.9 Å². The van der Waals surface area contributed by atoms with Crippen molar-refractivity contribution in [3.63, 3.8) is 0 Å². The fourth-order valence-electron chi connectivity index (χ4n) is 4.06. The van der Waals surface area contributed by atoms with Gasteiger partial charge in [0.25, 0.3) is 0 Å². The van der Waals surface area contributed by atoms with Gasteiger partial charge in [0.1, 0.15) is 11.6 Å². The molecule has 0 aromatic heterocycles. The Bertz CT molecular complexity index is 1120. The van der Waals surface area contributed by atoms with Crippen molar-refractivity contribution in [2.75, 3.05) is 17.3 Å². The molecule has 7 heteroatoms. The maximum Gasteiger partial charge on any atom is 0.229 e. The lowest BCUT2D eigenvalue weighted by molar-refractivity contribution is -0.125. The summed E-state index contributed by atoms with van der Waals surface area (Å²) in [5.74, 6) is -0.596. The van der Waals surface area contributed by atoms with Crippen LogP contribution in [0.3, 0.4) is 0 Å². The molecule has 2 amide bonds. The van der Waals surface area contributed by atoms with Crippen LogP contribution in [-0.2, 0) is 9.59 Å². The molecule has 0 saturated carbocycles. The Hall–Kier alpha value is -3.38. The molecule has 5 nitrogen and oxygen atoms in total. The predicted molar refractivity (Wildman–Crippen MR) is 122 cm³/mol. The molecule has 2 atom stereocenters. The lowest BCUT2D eigenvalue weighted by Gasteiger charge is -2.41. The molecule has 0 aliphatic carbocycles. The van der Waals surface area contributed by atoms with Crippen molar-refractivity contribution in [2.24, 2.45) is 5.92 Å². The van der Waals surface area contributed by atoms with Gasteiger partial charge in [-0.05, 0) is 66.6 Å². The van der Waals surface area contributed by atoms with E-state index >= 15 is 0 Å². The number of anilines is 2. The molecule has 164 valence electrons. The highest BCUT2D eigenvalue weighted by Gasteiger charge is 2.41. The molecule has 1 N–H and O–H groups in total. The van der Waals surface area contributed by atoms with Crippen LogP contribution >= 0.6 is 11.6 Å². The van der Waals surface area contributed by atoms with Gasteiger partial charge in [-0.15, -0.1) is 0 Å². The first-order valence-corrected chi connectivity index (χ1v) is 10.6. The van der Waals surface area contributed by atoms with E-state index in [0.29, 0.717) is 34.1 Å². The normalized spacial score (nSPS) is 18.3. The summed E-state index contributed by atoms with van der Waals surface area (Å²) in [4.78, 5) is 28.0. The van der Waals surface area contributed by atoms with Gasteiger partial charge in [-0.25, -0.2) is 4.39 Å². The van der Waals surface area contributed by atoms with Gasteiger partial charge < -0.3 is 15.0 Å². The number of rotatable bonds is 5. The molecule has 1 heterocycles. The number of halogens is 2. The summed E-state index contributed by atoms with van der Waals surface area (Å²) >= 11 is 6.05. The van der Waals surface area contributed by atoms with Crippen LogP contribution in [0.15, 0.2) is 72.8 Å². The lowest BCUT2D eigenvalue weighted by atomic mass is 9.83. The first kappa shape index (κ1) is 21.8. The van der Waals surface area contributed by atoms with Gasteiger partial charge in [0.2, 0.25) is 11.8 Å². The van der Waals surface area contributed by atoms with Crippen LogP contribution in [0.5, 0.6) is 5.75 Å². The Kier molecular flexibility index (Phi) is 6.42. The highest BCUT2D eigenvalue weighted by atomic mass is 35.5. The van der Waals surface area contributed by atoms with Crippen LogP contribution in [-0.4, -0.2) is 18.9 Å². The summed E-state index contributed by atoms with van der Waals surface area (Å²) in [6.07, 6.45) is 0.595. The van der Waals surface area contributed by atoms with Crippen LogP contribution < -0.4 is 15.0 Å². The first-order valence-electron chi connectivity index (χ1n) is 10.2. The smallest absolute Gasteiger partial charge is 0.229 e. The Morgan fingerprint density at radius 2 is 1.81 bits per heavy atom. The number of nitrogens with one attached hydrogen (secondary N) is 1. The highest BCUT2D eigenvalue weighted by molar-refractivity contribution is 6.30. The monoisotopic (exact) mass is 452 g/mol. The third-order valence-corrected chi connectivity index (χ3v) is 5.82. The summed E-state index contributed by atoms with van der Waals surface area (Å²) in [6, 6.07) is 19.3. The lowest BCUT2D eigenvalue weighted by Crippen LogP contribution is -2.47. The number of nitrogens with zero attached hydrogens (tertiary/aromatic N) is 1. The summed E-state index contributed by atoms with van der Waals surface area (Å²) in [5, 5.41) is 3.42. The molecule has 1 saturated heterocycles. The molecule has 0 bridgehead atoms. The van der Waals surface area contributed by atoms with Crippen molar-refractivity contribution in [3.8, 4) is 5.75 Å². The Morgan fingerprint density at radius 3 is 2.47 bits per heavy atom. The number of carbonyl (C=O) groups is 2. The van der Waals surface area contributed by atoms with Crippen molar-refractivity contribution in [1.82, 2.24) is 0 Å². The summed E-state index contributed by atoms with van der Waals surface area (Å²) in [7, 11) is 1.57. The minimum absolute atomic E-state index is 0.101. The van der Waals surface area contributed by atoms with E-state index < -0.39 is 12.0 Å². The molecule has 0 radical (unpaired) electrons. The van der Waals surface area contributed by atoms with Crippen LogP contribution in [0.1, 0.15) is 24.4 Å². The summed E-state index contributed by atoms with van der Waals surface area (Å²) in [6.45, 7) is 0. The predicted octanol–water partition coefficient (Wildman–Crippen LogP) is 5.61. The van der Waals surface area contributed by atoms with E-state index in [2.05, 4.69) is 5.32 Å². The highest BCUT2D eigenvalue weighted by Crippen LogP contribution is 2.41. The summed E-state index contributed by atoms with van der Waals surface area (Å²) < 4.78 is 18.9. The van der Waals surface area contributed by atoms with Crippen LogP contribution in [0, 0.1) is 11.7 Å². The molecule has 3 aromatic rings. The molecule has 0 spiro atoms. The zero-order valence-electron chi connectivity index (χ0n) is 17.4. The maximum absolute atomic E-state index is 13.6. The molecule has 32 heavy (non-hydrogen) atoms. The topological polar surface area (TPSA) is 58.6 Å². The van der Waals surface area contributed by atoms with Gasteiger partial charge >= 0.3 is 0 Å². The summed E-state index contributed by atoms with van der Waals surface area (Å²) in [5.41, 5.74) is 1.90.